The Morgan fingerprint density at radius 1 is 1.67 bits per heavy atom. The van der Waals surface area contributed by atoms with Crippen molar-refractivity contribution in [3.8, 4) is 0 Å². The molecule has 1 N–H and O–H groups in total. The van der Waals surface area contributed by atoms with Crippen molar-refractivity contribution in [2.75, 3.05) is 13.1 Å². The van der Waals surface area contributed by atoms with Crippen LogP contribution in [-0.4, -0.2) is 23.2 Å². The lowest BCUT2D eigenvalue weighted by Crippen LogP contribution is -2.40. The van der Waals surface area contributed by atoms with Crippen LogP contribution in [0.3, 0.4) is 0 Å². The molecule has 1 saturated heterocycles. The summed E-state index contributed by atoms with van der Waals surface area (Å²) in [6.45, 7) is 1.95. The molecule has 1 aromatic heterocycles. The summed E-state index contributed by atoms with van der Waals surface area (Å²) in [5.74, 6) is 1.22. The van der Waals surface area contributed by atoms with Gasteiger partial charge in [-0.2, -0.15) is 4.98 Å². The smallest absolute Gasteiger partial charge is 0.232 e. The van der Waals surface area contributed by atoms with Gasteiger partial charge in [0, 0.05) is 13.1 Å². The standard InChI is InChI=1S/C5H7N3O/c1-4(2-6-1)5-7-3-8-9-5/h3-4,6H,1-2H2. The van der Waals surface area contributed by atoms with Crippen LogP contribution in [-0.2, 0) is 0 Å². The van der Waals surface area contributed by atoms with Gasteiger partial charge in [-0.05, 0) is 0 Å². The van der Waals surface area contributed by atoms with Gasteiger partial charge < -0.3 is 9.84 Å². The first-order chi connectivity index (χ1) is 4.47. The second-order valence-corrected chi connectivity index (χ2v) is 2.13. The van der Waals surface area contributed by atoms with E-state index in [1.807, 2.05) is 0 Å². The zero-order chi connectivity index (χ0) is 6.10. The third-order valence-electron chi connectivity index (χ3n) is 1.51. The minimum absolute atomic E-state index is 0.465. The molecule has 0 saturated carbocycles. The molecule has 0 atom stereocenters. The highest BCUT2D eigenvalue weighted by Crippen LogP contribution is 2.15. The molecule has 1 aromatic rings. The summed E-state index contributed by atoms with van der Waals surface area (Å²) in [6, 6.07) is 0. The molecule has 0 unspecified atom stereocenters. The topological polar surface area (TPSA) is 51.0 Å². The minimum atomic E-state index is 0.465. The molecule has 2 heterocycles. The van der Waals surface area contributed by atoms with Crippen molar-refractivity contribution in [3.63, 3.8) is 0 Å². The van der Waals surface area contributed by atoms with Gasteiger partial charge in [0.25, 0.3) is 0 Å². The molecule has 4 heteroatoms. The quantitative estimate of drug-likeness (QED) is 0.562. The summed E-state index contributed by atoms with van der Waals surface area (Å²) in [4.78, 5) is 3.92. The van der Waals surface area contributed by atoms with Gasteiger partial charge in [0.05, 0.1) is 5.92 Å². The van der Waals surface area contributed by atoms with Gasteiger partial charge in [0.2, 0.25) is 5.89 Å². The maximum Gasteiger partial charge on any atom is 0.232 e. The molecule has 1 aliphatic rings. The fourth-order valence-electron chi connectivity index (χ4n) is 0.825. The van der Waals surface area contributed by atoms with Crippen LogP contribution in [0, 0.1) is 0 Å². The van der Waals surface area contributed by atoms with E-state index < -0.39 is 0 Å². The maximum absolute atomic E-state index is 4.84. The highest BCUT2D eigenvalue weighted by molar-refractivity contribution is 4.97. The second kappa shape index (κ2) is 1.80. The van der Waals surface area contributed by atoms with Gasteiger partial charge in [-0.3, -0.25) is 0 Å². The van der Waals surface area contributed by atoms with Crippen LogP contribution in [0.25, 0.3) is 0 Å². The van der Waals surface area contributed by atoms with E-state index in [0.29, 0.717) is 5.92 Å². The van der Waals surface area contributed by atoms with E-state index in [9.17, 15) is 0 Å². The van der Waals surface area contributed by atoms with E-state index in [0.717, 1.165) is 19.0 Å². The Kier molecular flexibility index (Phi) is 0.989. The number of nitrogens with one attached hydrogen (secondary N) is 1. The van der Waals surface area contributed by atoms with Crippen molar-refractivity contribution in [1.82, 2.24) is 15.5 Å². The van der Waals surface area contributed by atoms with Crippen LogP contribution >= 0.6 is 0 Å². The molecule has 0 amide bonds. The molecule has 9 heavy (non-hydrogen) atoms. The molecular formula is C5H7N3O. The maximum atomic E-state index is 4.84. The summed E-state index contributed by atoms with van der Waals surface area (Å²) in [7, 11) is 0. The van der Waals surface area contributed by atoms with Crippen molar-refractivity contribution in [2.24, 2.45) is 0 Å². The Morgan fingerprint density at radius 3 is 3.00 bits per heavy atom. The number of nitrogens with zero attached hydrogens (tertiary/aromatic N) is 2. The summed E-state index contributed by atoms with van der Waals surface area (Å²) >= 11 is 0. The van der Waals surface area contributed by atoms with Gasteiger partial charge in [0.1, 0.15) is 0 Å². The van der Waals surface area contributed by atoms with Crippen LogP contribution in [0.2, 0.25) is 0 Å². The van der Waals surface area contributed by atoms with E-state index >= 15 is 0 Å². The summed E-state index contributed by atoms with van der Waals surface area (Å²) in [6.07, 6.45) is 1.44. The number of aromatic nitrogens is 2. The van der Waals surface area contributed by atoms with Crippen LogP contribution in [0.15, 0.2) is 10.9 Å². The minimum Gasteiger partial charge on any atom is -0.339 e. The Morgan fingerprint density at radius 2 is 2.56 bits per heavy atom. The average Bonchev–Trinajstić information content (AvgIpc) is 2.11. The van der Waals surface area contributed by atoms with E-state index in [4.69, 9.17) is 4.52 Å². The Hall–Kier alpha value is -0.900. The fourth-order valence-corrected chi connectivity index (χ4v) is 0.825. The van der Waals surface area contributed by atoms with Gasteiger partial charge in [-0.1, -0.05) is 5.16 Å². The molecule has 1 fully saturated rings. The van der Waals surface area contributed by atoms with Gasteiger partial charge in [0.15, 0.2) is 6.33 Å². The molecule has 1 aliphatic heterocycles. The van der Waals surface area contributed by atoms with E-state index in [1.165, 1.54) is 6.33 Å². The summed E-state index contributed by atoms with van der Waals surface area (Å²) < 4.78 is 4.84. The van der Waals surface area contributed by atoms with Crippen molar-refractivity contribution in [2.45, 2.75) is 5.92 Å². The van der Waals surface area contributed by atoms with Gasteiger partial charge in [-0.25, -0.2) is 0 Å². The lowest BCUT2D eigenvalue weighted by molar-refractivity contribution is 0.307. The highest BCUT2D eigenvalue weighted by Gasteiger charge is 2.23. The Bertz CT molecular complexity index is 180. The van der Waals surface area contributed by atoms with Gasteiger partial charge >= 0.3 is 0 Å². The van der Waals surface area contributed by atoms with Crippen molar-refractivity contribution < 1.29 is 4.52 Å². The number of hydrogen-bond acceptors (Lipinski definition) is 4. The fraction of sp³-hybridized carbons (Fsp3) is 0.600. The van der Waals surface area contributed by atoms with Crippen molar-refractivity contribution in [3.05, 3.63) is 12.2 Å². The van der Waals surface area contributed by atoms with E-state index in [1.54, 1.807) is 0 Å². The van der Waals surface area contributed by atoms with E-state index in [2.05, 4.69) is 15.5 Å². The predicted octanol–water partition coefficient (Wildman–Crippen LogP) is -0.244. The first kappa shape index (κ1) is 4.93. The Balaban J connectivity index is 2.14. The highest BCUT2D eigenvalue weighted by atomic mass is 16.5. The molecular weight excluding hydrogens is 118 g/mol. The van der Waals surface area contributed by atoms with Crippen molar-refractivity contribution >= 4 is 0 Å². The zero-order valence-electron chi connectivity index (χ0n) is 4.87. The predicted molar refractivity (Wildman–Crippen MR) is 29.9 cm³/mol. The second-order valence-electron chi connectivity index (χ2n) is 2.13. The van der Waals surface area contributed by atoms with Crippen LogP contribution in [0.1, 0.15) is 11.8 Å². The summed E-state index contributed by atoms with van der Waals surface area (Å²) in [5.41, 5.74) is 0. The monoisotopic (exact) mass is 125 g/mol. The third kappa shape index (κ3) is 0.712. The largest absolute Gasteiger partial charge is 0.339 e. The van der Waals surface area contributed by atoms with Crippen LogP contribution in [0.4, 0.5) is 0 Å². The molecule has 0 bridgehead atoms. The first-order valence-electron chi connectivity index (χ1n) is 2.94. The van der Waals surface area contributed by atoms with Crippen LogP contribution < -0.4 is 5.32 Å². The SMILES string of the molecule is c1noc(C2CNC2)n1. The van der Waals surface area contributed by atoms with Crippen molar-refractivity contribution in [1.29, 1.82) is 0 Å². The lowest BCUT2D eigenvalue weighted by Gasteiger charge is -2.22. The number of rotatable bonds is 1. The number of hydrogen-bond donors (Lipinski definition) is 1. The first-order valence-corrected chi connectivity index (χ1v) is 2.94. The van der Waals surface area contributed by atoms with E-state index in [-0.39, 0.29) is 0 Å². The Labute approximate surface area is 52.3 Å². The normalized spacial score (nSPS) is 19.6. The molecule has 48 valence electrons. The molecule has 0 spiro atoms. The average molecular weight is 125 g/mol. The van der Waals surface area contributed by atoms with Gasteiger partial charge in [-0.15, -0.1) is 0 Å². The molecule has 0 aliphatic carbocycles. The molecule has 4 nitrogen and oxygen atoms in total. The molecule has 0 aromatic carbocycles. The third-order valence-corrected chi connectivity index (χ3v) is 1.51. The zero-order valence-corrected chi connectivity index (χ0v) is 4.87. The summed E-state index contributed by atoms with van der Waals surface area (Å²) in [5, 5.41) is 6.63. The lowest BCUT2D eigenvalue weighted by atomic mass is 10.0. The van der Waals surface area contributed by atoms with Crippen LogP contribution in [0.5, 0.6) is 0 Å². The molecule has 0 radical (unpaired) electrons. The molecule has 2 rings (SSSR count).